The monoisotopic (exact) mass is 321 g/mol. The zero-order valence-corrected chi connectivity index (χ0v) is 14.1. The number of benzene rings is 1. The second-order valence-corrected chi connectivity index (χ2v) is 6.07. The predicted octanol–water partition coefficient (Wildman–Crippen LogP) is 2.24. The summed E-state index contributed by atoms with van der Waals surface area (Å²) in [7, 11) is 0. The van der Waals surface area contributed by atoms with E-state index in [-0.39, 0.29) is 12.5 Å². The van der Waals surface area contributed by atoms with Crippen molar-refractivity contribution in [2.24, 2.45) is 5.92 Å². The summed E-state index contributed by atoms with van der Waals surface area (Å²) >= 11 is 0. The van der Waals surface area contributed by atoms with Gasteiger partial charge in [0.25, 0.3) is 5.91 Å². The summed E-state index contributed by atoms with van der Waals surface area (Å²) in [6, 6.07) is 5.92. The second-order valence-electron chi connectivity index (χ2n) is 6.07. The van der Waals surface area contributed by atoms with Crippen LogP contribution in [0.15, 0.2) is 18.2 Å². The molecule has 5 heteroatoms. The van der Waals surface area contributed by atoms with Gasteiger partial charge < -0.3 is 19.5 Å². The molecule has 1 aliphatic heterocycles. The van der Waals surface area contributed by atoms with Gasteiger partial charge in [-0.1, -0.05) is 17.7 Å². The van der Waals surface area contributed by atoms with E-state index in [0.717, 1.165) is 44.0 Å². The number of nitrogens with one attached hydrogen (secondary N) is 1. The smallest absolute Gasteiger partial charge is 0.257 e. The summed E-state index contributed by atoms with van der Waals surface area (Å²) in [5, 5.41) is 2.84. The zero-order valence-electron chi connectivity index (χ0n) is 14.1. The summed E-state index contributed by atoms with van der Waals surface area (Å²) in [6.45, 7) is 7.74. The molecule has 1 aliphatic rings. The van der Waals surface area contributed by atoms with Gasteiger partial charge in [0, 0.05) is 25.7 Å². The topological polar surface area (TPSA) is 56.8 Å². The fraction of sp³-hybridized carbons (Fsp3) is 0.611. The van der Waals surface area contributed by atoms with Crippen molar-refractivity contribution >= 4 is 5.91 Å². The first-order valence-electron chi connectivity index (χ1n) is 8.27. The van der Waals surface area contributed by atoms with E-state index in [1.165, 1.54) is 5.56 Å². The van der Waals surface area contributed by atoms with Crippen molar-refractivity contribution in [3.63, 3.8) is 0 Å². The molecule has 0 saturated carbocycles. The van der Waals surface area contributed by atoms with Crippen LogP contribution in [0.3, 0.4) is 0 Å². The van der Waals surface area contributed by atoms with E-state index >= 15 is 0 Å². The molecule has 1 fully saturated rings. The van der Waals surface area contributed by atoms with Crippen LogP contribution in [0, 0.1) is 19.8 Å². The summed E-state index contributed by atoms with van der Waals surface area (Å²) < 4.78 is 16.4. The average Bonchev–Trinajstić information content (AvgIpc) is 3.03. The van der Waals surface area contributed by atoms with Crippen molar-refractivity contribution in [3.8, 4) is 5.75 Å². The Morgan fingerprint density at radius 2 is 2.26 bits per heavy atom. The van der Waals surface area contributed by atoms with Gasteiger partial charge in [0.05, 0.1) is 13.2 Å². The first-order valence-corrected chi connectivity index (χ1v) is 8.27. The van der Waals surface area contributed by atoms with Gasteiger partial charge in [-0.2, -0.15) is 0 Å². The minimum atomic E-state index is -0.103. The molecule has 2 rings (SSSR count). The maximum atomic E-state index is 11.7. The highest BCUT2D eigenvalue weighted by Gasteiger charge is 2.15. The third-order valence-corrected chi connectivity index (χ3v) is 3.85. The van der Waals surface area contributed by atoms with E-state index in [0.29, 0.717) is 19.1 Å². The van der Waals surface area contributed by atoms with Crippen LogP contribution >= 0.6 is 0 Å². The number of amides is 1. The van der Waals surface area contributed by atoms with Gasteiger partial charge in [0.1, 0.15) is 5.75 Å². The lowest BCUT2D eigenvalue weighted by Crippen LogP contribution is -2.30. The molecular weight excluding hydrogens is 294 g/mol. The van der Waals surface area contributed by atoms with Gasteiger partial charge in [-0.05, 0) is 38.3 Å². The maximum absolute atomic E-state index is 11.7. The molecule has 0 aliphatic carbocycles. The van der Waals surface area contributed by atoms with E-state index in [4.69, 9.17) is 14.2 Å². The molecule has 1 aromatic carbocycles. The van der Waals surface area contributed by atoms with Crippen molar-refractivity contribution in [3.05, 3.63) is 29.3 Å². The van der Waals surface area contributed by atoms with Crippen LogP contribution in [0.25, 0.3) is 0 Å². The fourth-order valence-corrected chi connectivity index (χ4v) is 2.52. The predicted molar refractivity (Wildman–Crippen MR) is 88.8 cm³/mol. The lowest BCUT2D eigenvalue weighted by Gasteiger charge is -2.11. The van der Waals surface area contributed by atoms with Gasteiger partial charge in [-0.15, -0.1) is 0 Å². The van der Waals surface area contributed by atoms with Gasteiger partial charge >= 0.3 is 0 Å². The Kier molecular flexibility index (Phi) is 7.36. The van der Waals surface area contributed by atoms with Crippen LogP contribution in [0.2, 0.25) is 0 Å². The number of carbonyl (C=O) groups excluding carboxylic acids is 1. The number of aryl methyl sites for hydroxylation is 2. The van der Waals surface area contributed by atoms with Crippen LogP contribution in [-0.4, -0.2) is 45.5 Å². The molecule has 1 amide bonds. The van der Waals surface area contributed by atoms with Crippen molar-refractivity contribution < 1.29 is 19.0 Å². The van der Waals surface area contributed by atoms with E-state index in [1.807, 2.05) is 32.0 Å². The Morgan fingerprint density at radius 3 is 3.00 bits per heavy atom. The molecule has 23 heavy (non-hydrogen) atoms. The first-order chi connectivity index (χ1) is 11.1. The number of rotatable bonds is 9. The van der Waals surface area contributed by atoms with Gasteiger partial charge in [0.2, 0.25) is 0 Å². The van der Waals surface area contributed by atoms with E-state index in [1.54, 1.807) is 0 Å². The molecular formula is C18H27NO4. The Labute approximate surface area is 138 Å². The standard InChI is InChI=1S/C18H27NO4/c1-14-4-5-17(15(2)10-14)23-13-18(20)19-7-3-8-21-11-16-6-9-22-12-16/h4-5,10,16H,3,6-9,11-13H2,1-2H3,(H,19,20). The maximum Gasteiger partial charge on any atom is 0.257 e. The van der Waals surface area contributed by atoms with Crippen molar-refractivity contribution in [2.75, 3.05) is 39.6 Å². The normalized spacial score (nSPS) is 17.2. The Morgan fingerprint density at radius 1 is 1.39 bits per heavy atom. The van der Waals surface area contributed by atoms with Crippen molar-refractivity contribution in [2.45, 2.75) is 26.7 Å². The molecule has 1 heterocycles. The molecule has 1 atom stereocenters. The van der Waals surface area contributed by atoms with E-state index in [9.17, 15) is 4.79 Å². The Hall–Kier alpha value is -1.59. The first kappa shape index (κ1) is 17.8. The minimum Gasteiger partial charge on any atom is -0.484 e. The quantitative estimate of drug-likeness (QED) is 0.709. The van der Waals surface area contributed by atoms with Crippen molar-refractivity contribution in [1.29, 1.82) is 0 Å². The number of ether oxygens (including phenoxy) is 3. The number of carbonyl (C=O) groups is 1. The second kappa shape index (κ2) is 9.53. The van der Waals surface area contributed by atoms with Crippen LogP contribution < -0.4 is 10.1 Å². The zero-order chi connectivity index (χ0) is 16.5. The molecule has 1 aromatic rings. The van der Waals surface area contributed by atoms with Gasteiger partial charge in [0.15, 0.2) is 6.61 Å². The highest BCUT2D eigenvalue weighted by Crippen LogP contribution is 2.18. The molecule has 5 nitrogen and oxygen atoms in total. The number of hydrogen-bond acceptors (Lipinski definition) is 4. The molecule has 0 radical (unpaired) electrons. The SMILES string of the molecule is Cc1ccc(OCC(=O)NCCCOCC2CCOC2)c(C)c1. The van der Waals surface area contributed by atoms with Crippen LogP contribution in [0.1, 0.15) is 24.0 Å². The van der Waals surface area contributed by atoms with Crippen LogP contribution in [0.4, 0.5) is 0 Å². The van der Waals surface area contributed by atoms with E-state index < -0.39 is 0 Å². The highest BCUT2D eigenvalue weighted by atomic mass is 16.5. The molecule has 1 saturated heterocycles. The van der Waals surface area contributed by atoms with Gasteiger partial charge in [-0.25, -0.2) is 0 Å². The van der Waals surface area contributed by atoms with Crippen LogP contribution in [0.5, 0.6) is 5.75 Å². The molecule has 128 valence electrons. The summed E-state index contributed by atoms with van der Waals surface area (Å²) in [6.07, 6.45) is 1.90. The molecule has 0 spiro atoms. The lowest BCUT2D eigenvalue weighted by atomic mass is 10.1. The third-order valence-electron chi connectivity index (χ3n) is 3.85. The molecule has 1 unspecified atom stereocenters. The lowest BCUT2D eigenvalue weighted by molar-refractivity contribution is -0.123. The largest absolute Gasteiger partial charge is 0.484 e. The molecule has 1 N–H and O–H groups in total. The van der Waals surface area contributed by atoms with E-state index in [2.05, 4.69) is 5.32 Å². The highest BCUT2D eigenvalue weighted by molar-refractivity contribution is 5.77. The minimum absolute atomic E-state index is 0.0458. The third kappa shape index (κ3) is 6.59. The Balaban J connectivity index is 1.51. The van der Waals surface area contributed by atoms with Crippen LogP contribution in [-0.2, 0) is 14.3 Å². The van der Waals surface area contributed by atoms with Gasteiger partial charge in [-0.3, -0.25) is 4.79 Å². The van der Waals surface area contributed by atoms with Crippen molar-refractivity contribution in [1.82, 2.24) is 5.32 Å². The number of hydrogen-bond donors (Lipinski definition) is 1. The Bertz CT molecular complexity index is 498. The summed E-state index contributed by atoms with van der Waals surface area (Å²) in [5.41, 5.74) is 2.23. The summed E-state index contributed by atoms with van der Waals surface area (Å²) in [4.78, 5) is 11.7. The summed E-state index contributed by atoms with van der Waals surface area (Å²) in [5.74, 6) is 1.19. The fourth-order valence-electron chi connectivity index (χ4n) is 2.52. The molecule has 0 aromatic heterocycles. The average molecular weight is 321 g/mol. The molecule has 0 bridgehead atoms.